The molecule has 0 aromatic heterocycles. The lowest BCUT2D eigenvalue weighted by Crippen LogP contribution is -2.08. The maximum absolute atomic E-state index is 4.11. The average Bonchev–Trinajstić information content (AvgIpc) is 1.59. The van der Waals surface area contributed by atoms with Crippen LogP contribution in [0.15, 0.2) is 0 Å². The van der Waals surface area contributed by atoms with Gasteiger partial charge in [0.15, 0.2) is 0 Å². The lowest BCUT2D eigenvalue weighted by Gasteiger charge is -2.15. The van der Waals surface area contributed by atoms with Crippen molar-refractivity contribution < 1.29 is 0 Å². The zero-order chi connectivity index (χ0) is 6.62. The number of hydrogen-bond donors (Lipinski definition) is 1. The van der Waals surface area contributed by atoms with Gasteiger partial charge in [0.1, 0.15) is 0 Å². The third kappa shape index (κ3) is 6.70. The van der Waals surface area contributed by atoms with E-state index < -0.39 is 0 Å². The van der Waals surface area contributed by atoms with Crippen LogP contribution in [0.2, 0.25) is 0 Å². The van der Waals surface area contributed by atoms with Gasteiger partial charge < -0.3 is 0 Å². The first-order valence-electron chi connectivity index (χ1n) is 2.81. The van der Waals surface area contributed by atoms with E-state index in [2.05, 4.69) is 33.4 Å². The molecule has 0 aromatic carbocycles. The summed E-state index contributed by atoms with van der Waals surface area (Å²) in [5.41, 5.74) is 0. The van der Waals surface area contributed by atoms with E-state index in [9.17, 15) is 0 Å². The first kappa shape index (κ1) is 8.70. The van der Waals surface area contributed by atoms with E-state index in [0.29, 0.717) is 4.75 Å². The highest BCUT2D eigenvalue weighted by atomic mass is 32.2. The molecule has 0 radical (unpaired) electrons. The number of thiol groups is 1. The van der Waals surface area contributed by atoms with E-state index in [0.717, 1.165) is 11.5 Å². The molecular weight excluding hydrogens is 136 g/mol. The van der Waals surface area contributed by atoms with Crippen LogP contribution < -0.4 is 0 Å². The Hall–Kier alpha value is 0.700. The largest absolute Gasteiger partial charge is 0.179 e. The quantitative estimate of drug-likeness (QED) is 0.590. The van der Waals surface area contributed by atoms with Crippen molar-refractivity contribution in [3.05, 3.63) is 0 Å². The Morgan fingerprint density at radius 1 is 1.38 bits per heavy atom. The number of thioether (sulfide) groups is 1. The zero-order valence-corrected chi connectivity index (χ0v) is 7.48. The molecule has 0 spiro atoms. The van der Waals surface area contributed by atoms with Gasteiger partial charge in [-0.1, -0.05) is 20.8 Å². The topological polar surface area (TPSA) is 0 Å². The fourth-order valence-corrected chi connectivity index (χ4v) is 1.33. The van der Waals surface area contributed by atoms with E-state index in [-0.39, 0.29) is 0 Å². The summed E-state index contributed by atoms with van der Waals surface area (Å²) in [7, 11) is 0. The first-order chi connectivity index (χ1) is 3.56. The van der Waals surface area contributed by atoms with Crippen LogP contribution in [0.3, 0.4) is 0 Å². The number of hydrogen-bond acceptors (Lipinski definition) is 2. The maximum Gasteiger partial charge on any atom is 0.00753 e. The summed E-state index contributed by atoms with van der Waals surface area (Å²) in [5.74, 6) is 2.15. The number of rotatable bonds is 2. The van der Waals surface area contributed by atoms with Gasteiger partial charge in [-0.25, -0.2) is 0 Å². The summed E-state index contributed by atoms with van der Waals surface area (Å²) < 4.78 is 0.419. The molecule has 2 heteroatoms. The van der Waals surface area contributed by atoms with Crippen LogP contribution in [-0.2, 0) is 0 Å². The molecule has 50 valence electrons. The van der Waals surface area contributed by atoms with E-state index >= 15 is 0 Å². The molecule has 0 unspecified atom stereocenters. The SMILES string of the molecule is CC(C)(C)SCCS. The molecule has 0 aromatic rings. The highest BCUT2D eigenvalue weighted by molar-refractivity contribution is 8.01. The minimum absolute atomic E-state index is 0.419. The molecule has 0 atom stereocenters. The summed E-state index contributed by atoms with van der Waals surface area (Å²) in [4.78, 5) is 0. The summed E-state index contributed by atoms with van der Waals surface area (Å²) in [6, 6.07) is 0. The minimum Gasteiger partial charge on any atom is -0.179 e. The van der Waals surface area contributed by atoms with Crippen LogP contribution in [-0.4, -0.2) is 16.3 Å². The minimum atomic E-state index is 0.419. The second kappa shape index (κ2) is 3.67. The van der Waals surface area contributed by atoms with Crippen molar-refractivity contribution in [2.45, 2.75) is 25.5 Å². The molecular formula is C6H14S2. The highest BCUT2D eigenvalue weighted by Crippen LogP contribution is 2.22. The third-order valence-corrected chi connectivity index (χ3v) is 2.43. The molecule has 0 fully saturated rings. The van der Waals surface area contributed by atoms with Crippen LogP contribution in [0.5, 0.6) is 0 Å². The van der Waals surface area contributed by atoms with E-state index in [1.165, 1.54) is 0 Å². The summed E-state index contributed by atoms with van der Waals surface area (Å²) >= 11 is 6.07. The van der Waals surface area contributed by atoms with Crippen molar-refractivity contribution in [1.82, 2.24) is 0 Å². The summed E-state index contributed by atoms with van der Waals surface area (Å²) in [6.45, 7) is 6.67. The van der Waals surface area contributed by atoms with E-state index in [1.807, 2.05) is 11.8 Å². The Morgan fingerprint density at radius 2 is 1.88 bits per heavy atom. The molecule has 0 bridgehead atoms. The molecule has 0 nitrogen and oxygen atoms in total. The second-order valence-corrected chi connectivity index (χ2v) is 5.05. The molecule has 0 saturated carbocycles. The first-order valence-corrected chi connectivity index (χ1v) is 4.43. The van der Waals surface area contributed by atoms with Gasteiger partial charge in [0.25, 0.3) is 0 Å². The Morgan fingerprint density at radius 3 is 2.00 bits per heavy atom. The Balaban J connectivity index is 3.11. The zero-order valence-electron chi connectivity index (χ0n) is 5.77. The van der Waals surface area contributed by atoms with Gasteiger partial charge in [-0.05, 0) is 5.75 Å². The molecule has 0 saturated heterocycles. The highest BCUT2D eigenvalue weighted by Gasteiger charge is 2.07. The van der Waals surface area contributed by atoms with Gasteiger partial charge in [-0.2, -0.15) is 24.4 Å². The lowest BCUT2D eigenvalue weighted by atomic mass is 10.3. The molecule has 0 rings (SSSR count). The standard InChI is InChI=1S/C6H14S2/c1-6(2,3)8-5-4-7/h7H,4-5H2,1-3H3. The fourth-order valence-electron chi connectivity index (χ4n) is 0.352. The van der Waals surface area contributed by atoms with Gasteiger partial charge in [0.2, 0.25) is 0 Å². The van der Waals surface area contributed by atoms with Crippen molar-refractivity contribution in [3.8, 4) is 0 Å². The molecule has 0 amide bonds. The molecule has 0 aliphatic rings. The second-order valence-electron chi connectivity index (χ2n) is 2.68. The van der Waals surface area contributed by atoms with Crippen LogP contribution in [0.25, 0.3) is 0 Å². The normalized spacial score (nSPS) is 12.0. The summed E-state index contributed by atoms with van der Waals surface area (Å²) in [6.07, 6.45) is 0. The molecule has 0 aliphatic carbocycles. The van der Waals surface area contributed by atoms with Gasteiger partial charge in [-0.3, -0.25) is 0 Å². The van der Waals surface area contributed by atoms with Crippen molar-refractivity contribution >= 4 is 24.4 Å². The van der Waals surface area contributed by atoms with Crippen LogP contribution in [0.4, 0.5) is 0 Å². The van der Waals surface area contributed by atoms with Gasteiger partial charge in [0, 0.05) is 10.5 Å². The average molecular weight is 150 g/mol. The molecule has 8 heavy (non-hydrogen) atoms. The van der Waals surface area contributed by atoms with Crippen molar-refractivity contribution in [2.75, 3.05) is 11.5 Å². The Labute approximate surface area is 61.8 Å². The summed E-state index contributed by atoms with van der Waals surface area (Å²) in [5, 5.41) is 0. The van der Waals surface area contributed by atoms with Crippen LogP contribution >= 0.6 is 24.4 Å². The monoisotopic (exact) mass is 150 g/mol. The van der Waals surface area contributed by atoms with Gasteiger partial charge >= 0.3 is 0 Å². The Kier molecular flexibility index (Phi) is 4.00. The van der Waals surface area contributed by atoms with Crippen LogP contribution in [0, 0.1) is 0 Å². The molecule has 0 aliphatic heterocycles. The maximum atomic E-state index is 4.11. The third-order valence-electron chi connectivity index (χ3n) is 0.626. The van der Waals surface area contributed by atoms with Crippen molar-refractivity contribution in [2.24, 2.45) is 0 Å². The van der Waals surface area contributed by atoms with Crippen molar-refractivity contribution in [3.63, 3.8) is 0 Å². The Bertz CT molecular complexity index is 54.0. The van der Waals surface area contributed by atoms with Gasteiger partial charge in [-0.15, -0.1) is 0 Å². The smallest absolute Gasteiger partial charge is 0.00753 e. The lowest BCUT2D eigenvalue weighted by molar-refractivity contribution is 0.804. The van der Waals surface area contributed by atoms with E-state index in [4.69, 9.17) is 0 Å². The van der Waals surface area contributed by atoms with Crippen LogP contribution in [0.1, 0.15) is 20.8 Å². The van der Waals surface area contributed by atoms with E-state index in [1.54, 1.807) is 0 Å². The fraction of sp³-hybridized carbons (Fsp3) is 1.00. The molecule has 0 heterocycles. The molecule has 0 N–H and O–H groups in total. The van der Waals surface area contributed by atoms with Gasteiger partial charge in [0.05, 0.1) is 0 Å². The predicted octanol–water partition coefficient (Wildman–Crippen LogP) is 2.45. The van der Waals surface area contributed by atoms with Crippen molar-refractivity contribution in [1.29, 1.82) is 0 Å². The predicted molar refractivity (Wildman–Crippen MR) is 46.1 cm³/mol.